The molecule has 4 heterocycles. The fraction of sp³-hybridized carbons (Fsp3) is 0.577. The van der Waals surface area contributed by atoms with Crippen LogP contribution < -0.4 is 4.90 Å². The van der Waals surface area contributed by atoms with Gasteiger partial charge in [-0.05, 0) is 63.8 Å². The molecular formula is C26H37N5O3. The van der Waals surface area contributed by atoms with E-state index in [1.807, 2.05) is 32.2 Å². The van der Waals surface area contributed by atoms with E-state index in [0.29, 0.717) is 41.6 Å². The first-order valence-electron chi connectivity index (χ1n) is 12.5. The molecule has 0 bridgehead atoms. The van der Waals surface area contributed by atoms with E-state index in [0.717, 1.165) is 58.1 Å². The molecule has 1 N–H and O–H groups in total. The highest BCUT2D eigenvalue weighted by Crippen LogP contribution is 2.23. The first kappa shape index (κ1) is 24.4. The Balaban J connectivity index is 1.29. The Bertz CT molecular complexity index is 982. The Morgan fingerprint density at radius 3 is 2.62 bits per heavy atom. The lowest BCUT2D eigenvalue weighted by atomic mass is 9.96. The van der Waals surface area contributed by atoms with E-state index in [-0.39, 0.29) is 11.8 Å². The van der Waals surface area contributed by atoms with E-state index in [1.54, 1.807) is 6.92 Å². The SMILES string of the molecule is CCOC(=O)c1c(C)[nH]c(C(=O)CN2CCCC(CN3CCN(c4ccccn4)CC3)C2)c1C. The van der Waals surface area contributed by atoms with Crippen molar-refractivity contribution in [1.82, 2.24) is 19.8 Å². The van der Waals surface area contributed by atoms with Gasteiger partial charge in [-0.15, -0.1) is 0 Å². The van der Waals surface area contributed by atoms with Gasteiger partial charge in [0.1, 0.15) is 5.82 Å². The molecule has 2 aliphatic rings. The number of hydrogen-bond acceptors (Lipinski definition) is 7. The van der Waals surface area contributed by atoms with Crippen LogP contribution in [0.1, 0.15) is 51.9 Å². The van der Waals surface area contributed by atoms with Gasteiger partial charge in [0.2, 0.25) is 0 Å². The monoisotopic (exact) mass is 467 g/mol. The largest absolute Gasteiger partial charge is 0.462 e. The highest BCUT2D eigenvalue weighted by Gasteiger charge is 2.28. The number of nitrogens with zero attached hydrogens (tertiary/aromatic N) is 4. The zero-order valence-corrected chi connectivity index (χ0v) is 20.7. The van der Waals surface area contributed by atoms with Crippen molar-refractivity contribution in [2.75, 3.05) is 63.9 Å². The van der Waals surface area contributed by atoms with Crippen LogP contribution in [0.15, 0.2) is 24.4 Å². The number of hydrogen-bond donors (Lipinski definition) is 1. The Kier molecular flexibility index (Phi) is 8.00. The first-order chi connectivity index (χ1) is 16.5. The predicted octanol–water partition coefficient (Wildman–Crippen LogP) is 2.92. The fourth-order valence-corrected chi connectivity index (χ4v) is 5.33. The third kappa shape index (κ3) is 5.67. The van der Waals surface area contributed by atoms with Crippen LogP contribution in [0.25, 0.3) is 0 Å². The van der Waals surface area contributed by atoms with Crippen molar-refractivity contribution in [1.29, 1.82) is 0 Å². The maximum Gasteiger partial charge on any atom is 0.340 e. The molecule has 0 radical (unpaired) electrons. The summed E-state index contributed by atoms with van der Waals surface area (Å²) in [6.07, 6.45) is 4.18. The van der Waals surface area contributed by atoms with E-state index < -0.39 is 0 Å². The molecule has 2 aliphatic heterocycles. The summed E-state index contributed by atoms with van der Waals surface area (Å²) >= 11 is 0. The second kappa shape index (κ2) is 11.1. The Labute approximate surface area is 202 Å². The van der Waals surface area contributed by atoms with Crippen LogP contribution in [0.3, 0.4) is 0 Å². The fourth-order valence-electron chi connectivity index (χ4n) is 5.33. The number of ketones is 1. The lowest BCUT2D eigenvalue weighted by Gasteiger charge is -2.39. The number of aryl methyl sites for hydroxylation is 1. The number of carbonyl (C=O) groups is 2. The number of aromatic nitrogens is 2. The van der Waals surface area contributed by atoms with Gasteiger partial charge in [-0.2, -0.15) is 0 Å². The standard InChI is InChI=1S/C26H37N5O3/c1-4-34-26(33)24-19(2)25(28-20(24)3)22(32)18-30-11-7-8-21(17-30)16-29-12-14-31(15-13-29)23-9-5-6-10-27-23/h5-6,9-10,21,28H,4,7-8,11-18H2,1-3H3. The molecule has 1 unspecified atom stereocenters. The number of piperazine rings is 1. The third-order valence-electron chi connectivity index (χ3n) is 7.03. The van der Waals surface area contributed by atoms with Gasteiger partial charge in [0, 0.05) is 51.2 Å². The lowest BCUT2D eigenvalue weighted by molar-refractivity contribution is 0.0525. The quantitative estimate of drug-likeness (QED) is 0.472. The number of rotatable bonds is 8. The molecule has 2 fully saturated rings. The molecule has 0 aromatic carbocycles. The average molecular weight is 468 g/mol. The zero-order chi connectivity index (χ0) is 24.1. The minimum absolute atomic E-state index is 0.0424. The molecule has 0 saturated carbocycles. The summed E-state index contributed by atoms with van der Waals surface area (Å²) in [5, 5.41) is 0. The molecule has 0 spiro atoms. The predicted molar refractivity (Wildman–Crippen MR) is 133 cm³/mol. The van der Waals surface area contributed by atoms with Crippen LogP contribution in [0.2, 0.25) is 0 Å². The second-order valence-corrected chi connectivity index (χ2v) is 9.49. The van der Waals surface area contributed by atoms with Gasteiger partial charge in [0.05, 0.1) is 24.4 Å². The number of nitrogens with one attached hydrogen (secondary N) is 1. The number of H-pyrrole nitrogens is 1. The zero-order valence-electron chi connectivity index (χ0n) is 20.7. The normalized spacial score (nSPS) is 19.9. The van der Waals surface area contributed by atoms with Crippen LogP contribution in [-0.4, -0.2) is 90.5 Å². The number of pyridine rings is 1. The number of ether oxygens (including phenoxy) is 1. The maximum absolute atomic E-state index is 13.1. The molecule has 2 saturated heterocycles. The number of piperidine rings is 1. The second-order valence-electron chi connectivity index (χ2n) is 9.49. The molecule has 0 aliphatic carbocycles. The summed E-state index contributed by atoms with van der Waals surface area (Å²) < 4.78 is 5.16. The smallest absolute Gasteiger partial charge is 0.340 e. The number of aromatic amines is 1. The number of likely N-dealkylation sites (tertiary alicyclic amines) is 1. The summed E-state index contributed by atoms with van der Waals surface area (Å²) in [5.41, 5.74) is 2.42. The van der Waals surface area contributed by atoms with Crippen molar-refractivity contribution in [3.63, 3.8) is 0 Å². The van der Waals surface area contributed by atoms with E-state index in [2.05, 4.69) is 30.7 Å². The van der Waals surface area contributed by atoms with Crippen LogP contribution >= 0.6 is 0 Å². The number of Topliss-reactive ketones (excluding diaryl/α,β-unsaturated/α-hetero) is 1. The molecule has 2 aromatic rings. The van der Waals surface area contributed by atoms with Gasteiger partial charge in [-0.1, -0.05) is 6.07 Å². The summed E-state index contributed by atoms with van der Waals surface area (Å²) in [7, 11) is 0. The Morgan fingerprint density at radius 2 is 1.91 bits per heavy atom. The van der Waals surface area contributed by atoms with Gasteiger partial charge in [-0.25, -0.2) is 9.78 Å². The Hall–Kier alpha value is -2.71. The maximum atomic E-state index is 13.1. The number of carbonyl (C=O) groups excluding carboxylic acids is 2. The topological polar surface area (TPSA) is 81.8 Å². The molecule has 184 valence electrons. The van der Waals surface area contributed by atoms with Crippen LogP contribution in [0, 0.1) is 19.8 Å². The van der Waals surface area contributed by atoms with E-state index in [4.69, 9.17) is 4.74 Å². The molecule has 2 aromatic heterocycles. The minimum atomic E-state index is -0.367. The number of esters is 1. The van der Waals surface area contributed by atoms with E-state index in [1.165, 1.54) is 6.42 Å². The Morgan fingerprint density at radius 1 is 1.12 bits per heavy atom. The van der Waals surface area contributed by atoms with Crippen molar-refractivity contribution in [3.8, 4) is 0 Å². The van der Waals surface area contributed by atoms with Crippen molar-refractivity contribution in [2.24, 2.45) is 5.92 Å². The van der Waals surface area contributed by atoms with Crippen molar-refractivity contribution in [3.05, 3.63) is 46.9 Å². The van der Waals surface area contributed by atoms with Gasteiger partial charge in [0.25, 0.3) is 0 Å². The lowest BCUT2D eigenvalue weighted by Crippen LogP contribution is -2.50. The van der Waals surface area contributed by atoms with Crippen molar-refractivity contribution in [2.45, 2.75) is 33.6 Å². The van der Waals surface area contributed by atoms with Crippen LogP contribution in [0.4, 0.5) is 5.82 Å². The van der Waals surface area contributed by atoms with Gasteiger partial charge in [-0.3, -0.25) is 14.6 Å². The third-order valence-corrected chi connectivity index (χ3v) is 7.03. The van der Waals surface area contributed by atoms with E-state index >= 15 is 0 Å². The van der Waals surface area contributed by atoms with Crippen molar-refractivity contribution < 1.29 is 14.3 Å². The van der Waals surface area contributed by atoms with Crippen LogP contribution in [-0.2, 0) is 4.74 Å². The molecule has 4 rings (SSSR count). The number of anilines is 1. The molecule has 1 atom stereocenters. The highest BCUT2D eigenvalue weighted by molar-refractivity contribution is 6.02. The molecule has 0 amide bonds. The summed E-state index contributed by atoms with van der Waals surface area (Å²) in [6.45, 7) is 13.2. The highest BCUT2D eigenvalue weighted by atomic mass is 16.5. The summed E-state index contributed by atoms with van der Waals surface area (Å²) in [5.74, 6) is 1.31. The molecular weight excluding hydrogens is 430 g/mol. The van der Waals surface area contributed by atoms with Crippen molar-refractivity contribution >= 4 is 17.6 Å². The van der Waals surface area contributed by atoms with Crippen LogP contribution in [0.5, 0.6) is 0 Å². The van der Waals surface area contributed by atoms with Gasteiger partial charge < -0.3 is 14.6 Å². The molecule has 34 heavy (non-hydrogen) atoms. The van der Waals surface area contributed by atoms with Gasteiger partial charge in [0.15, 0.2) is 5.78 Å². The summed E-state index contributed by atoms with van der Waals surface area (Å²) in [4.78, 5) is 40.2. The molecule has 8 heteroatoms. The first-order valence-corrected chi connectivity index (χ1v) is 12.5. The van der Waals surface area contributed by atoms with E-state index in [9.17, 15) is 9.59 Å². The van der Waals surface area contributed by atoms with Gasteiger partial charge >= 0.3 is 5.97 Å². The molecule has 8 nitrogen and oxygen atoms in total. The average Bonchev–Trinajstić information content (AvgIpc) is 3.14. The summed E-state index contributed by atoms with van der Waals surface area (Å²) in [6, 6.07) is 6.08. The minimum Gasteiger partial charge on any atom is -0.462 e.